The maximum Gasteiger partial charge on any atom is 0.254 e. The van der Waals surface area contributed by atoms with Crippen LogP contribution >= 0.6 is 11.6 Å². The quantitative estimate of drug-likeness (QED) is 0.448. The van der Waals surface area contributed by atoms with Crippen LogP contribution in [0.15, 0.2) is 29.4 Å². The average molecular weight is 213 g/mol. The molecule has 0 aromatic heterocycles. The number of halogens is 1. The molecule has 0 aliphatic rings. The molecule has 0 fully saturated rings. The van der Waals surface area contributed by atoms with E-state index in [1.165, 1.54) is 18.3 Å². The number of rotatable bonds is 3. The standard InChI is InChI=1S/C9H9ClN2O2/c10-5-9(14)12-11-6-7-1-3-8(13)4-2-7/h1-4,6,13H,5H2,(H,12,14)/b11-6-. The van der Waals surface area contributed by atoms with Gasteiger partial charge in [0.05, 0.1) is 6.21 Å². The van der Waals surface area contributed by atoms with Crippen LogP contribution in [0.1, 0.15) is 5.56 Å². The lowest BCUT2D eigenvalue weighted by atomic mass is 10.2. The van der Waals surface area contributed by atoms with E-state index in [0.717, 1.165) is 5.56 Å². The van der Waals surface area contributed by atoms with Crippen molar-refractivity contribution in [2.45, 2.75) is 0 Å². The molecule has 0 heterocycles. The fraction of sp³-hybridized carbons (Fsp3) is 0.111. The summed E-state index contributed by atoms with van der Waals surface area (Å²) in [7, 11) is 0. The minimum Gasteiger partial charge on any atom is -0.508 e. The molecule has 14 heavy (non-hydrogen) atoms. The largest absolute Gasteiger partial charge is 0.508 e. The van der Waals surface area contributed by atoms with E-state index in [9.17, 15) is 4.79 Å². The second-order valence-electron chi connectivity index (χ2n) is 2.52. The van der Waals surface area contributed by atoms with Crippen molar-refractivity contribution < 1.29 is 9.90 Å². The summed E-state index contributed by atoms with van der Waals surface area (Å²) in [6.07, 6.45) is 1.46. The number of nitrogens with one attached hydrogen (secondary N) is 1. The highest BCUT2D eigenvalue weighted by Gasteiger charge is 1.93. The fourth-order valence-electron chi connectivity index (χ4n) is 0.769. The van der Waals surface area contributed by atoms with Crippen molar-refractivity contribution in [3.63, 3.8) is 0 Å². The second kappa shape index (κ2) is 5.24. The lowest BCUT2D eigenvalue weighted by molar-refractivity contribution is -0.118. The lowest BCUT2D eigenvalue weighted by Gasteiger charge is -1.94. The highest BCUT2D eigenvalue weighted by molar-refractivity contribution is 6.27. The fourth-order valence-corrected chi connectivity index (χ4v) is 0.829. The molecule has 0 atom stereocenters. The van der Waals surface area contributed by atoms with Gasteiger partial charge in [-0.25, -0.2) is 5.43 Å². The molecule has 1 rings (SSSR count). The van der Waals surface area contributed by atoms with Crippen LogP contribution in [0.25, 0.3) is 0 Å². The monoisotopic (exact) mass is 212 g/mol. The van der Waals surface area contributed by atoms with Crippen LogP contribution in [-0.4, -0.2) is 23.1 Å². The molecule has 0 spiro atoms. The number of phenolic OH excluding ortho intramolecular Hbond substituents is 1. The van der Waals surface area contributed by atoms with Gasteiger partial charge in [0.1, 0.15) is 11.6 Å². The third-order valence-corrected chi connectivity index (χ3v) is 1.66. The number of carbonyl (C=O) groups excluding carboxylic acids is 1. The maximum absolute atomic E-state index is 10.7. The predicted molar refractivity (Wildman–Crippen MR) is 54.6 cm³/mol. The van der Waals surface area contributed by atoms with Crippen LogP contribution in [0.2, 0.25) is 0 Å². The first-order chi connectivity index (χ1) is 6.72. The van der Waals surface area contributed by atoms with E-state index in [4.69, 9.17) is 16.7 Å². The summed E-state index contributed by atoms with van der Waals surface area (Å²) in [4.78, 5) is 10.7. The smallest absolute Gasteiger partial charge is 0.254 e. The highest BCUT2D eigenvalue weighted by Crippen LogP contribution is 2.07. The minimum absolute atomic E-state index is 0.118. The highest BCUT2D eigenvalue weighted by atomic mass is 35.5. The molecule has 5 heteroatoms. The number of hydrogen-bond donors (Lipinski definition) is 2. The van der Waals surface area contributed by atoms with Gasteiger partial charge < -0.3 is 5.11 Å². The Morgan fingerprint density at radius 3 is 2.71 bits per heavy atom. The number of nitrogens with zero attached hydrogens (tertiary/aromatic N) is 1. The lowest BCUT2D eigenvalue weighted by Crippen LogP contribution is -2.18. The van der Waals surface area contributed by atoms with Gasteiger partial charge in [0.25, 0.3) is 5.91 Å². The summed E-state index contributed by atoms with van der Waals surface area (Å²) in [6, 6.07) is 6.41. The van der Waals surface area contributed by atoms with E-state index in [2.05, 4.69) is 10.5 Å². The Kier molecular flexibility index (Phi) is 3.94. The Balaban J connectivity index is 2.52. The maximum atomic E-state index is 10.7. The van der Waals surface area contributed by atoms with Crippen LogP contribution in [0.3, 0.4) is 0 Å². The van der Waals surface area contributed by atoms with Crippen molar-refractivity contribution >= 4 is 23.7 Å². The molecule has 1 aromatic rings. The summed E-state index contributed by atoms with van der Waals surface area (Å²) in [5, 5.41) is 12.6. The summed E-state index contributed by atoms with van der Waals surface area (Å²) in [6.45, 7) is 0. The van der Waals surface area contributed by atoms with Gasteiger partial charge >= 0.3 is 0 Å². The topological polar surface area (TPSA) is 61.7 Å². The Morgan fingerprint density at radius 1 is 1.50 bits per heavy atom. The van der Waals surface area contributed by atoms with Crippen LogP contribution in [0.4, 0.5) is 0 Å². The molecule has 0 bridgehead atoms. The van der Waals surface area contributed by atoms with Crippen molar-refractivity contribution in [2.24, 2.45) is 5.10 Å². The molecule has 74 valence electrons. The zero-order valence-electron chi connectivity index (χ0n) is 7.27. The summed E-state index contributed by atoms with van der Waals surface area (Å²) >= 11 is 5.24. The molecule has 1 amide bonds. The normalized spacial score (nSPS) is 10.4. The zero-order chi connectivity index (χ0) is 10.4. The first-order valence-electron chi connectivity index (χ1n) is 3.89. The zero-order valence-corrected chi connectivity index (χ0v) is 8.03. The first kappa shape index (κ1) is 10.5. The molecular weight excluding hydrogens is 204 g/mol. The number of alkyl halides is 1. The molecule has 0 saturated heterocycles. The molecule has 0 unspecified atom stereocenters. The Bertz CT molecular complexity index is 335. The van der Waals surface area contributed by atoms with Gasteiger partial charge in [0.15, 0.2) is 0 Å². The first-order valence-corrected chi connectivity index (χ1v) is 4.42. The number of benzene rings is 1. The Hall–Kier alpha value is -1.55. The van der Waals surface area contributed by atoms with Gasteiger partial charge in [-0.05, 0) is 29.8 Å². The van der Waals surface area contributed by atoms with Crippen molar-refractivity contribution in [1.29, 1.82) is 0 Å². The van der Waals surface area contributed by atoms with Crippen molar-refractivity contribution in [3.8, 4) is 5.75 Å². The molecule has 0 radical (unpaired) electrons. The van der Waals surface area contributed by atoms with Crippen molar-refractivity contribution in [3.05, 3.63) is 29.8 Å². The van der Waals surface area contributed by atoms with Gasteiger partial charge in [-0.1, -0.05) is 0 Å². The van der Waals surface area contributed by atoms with E-state index in [1.54, 1.807) is 12.1 Å². The van der Waals surface area contributed by atoms with E-state index >= 15 is 0 Å². The van der Waals surface area contributed by atoms with Crippen LogP contribution < -0.4 is 5.43 Å². The molecule has 0 saturated carbocycles. The molecular formula is C9H9ClN2O2. The Morgan fingerprint density at radius 2 is 2.14 bits per heavy atom. The van der Waals surface area contributed by atoms with E-state index in [-0.39, 0.29) is 17.5 Å². The van der Waals surface area contributed by atoms with Crippen molar-refractivity contribution in [1.82, 2.24) is 5.43 Å². The Labute approximate surface area is 86.2 Å². The number of aromatic hydroxyl groups is 1. The SMILES string of the molecule is O=C(CCl)N/N=C\c1ccc(O)cc1. The third-order valence-electron chi connectivity index (χ3n) is 1.42. The van der Waals surface area contributed by atoms with Gasteiger partial charge in [-0.3, -0.25) is 4.79 Å². The number of hydrazone groups is 1. The molecule has 4 nitrogen and oxygen atoms in total. The third kappa shape index (κ3) is 3.45. The molecule has 1 aromatic carbocycles. The summed E-state index contributed by atoms with van der Waals surface area (Å²) in [5.74, 6) is -0.291. The van der Waals surface area contributed by atoms with Crippen molar-refractivity contribution in [2.75, 3.05) is 5.88 Å². The number of carbonyl (C=O) groups is 1. The summed E-state index contributed by atoms with van der Waals surface area (Å²) < 4.78 is 0. The van der Waals surface area contributed by atoms with Gasteiger partial charge in [0.2, 0.25) is 0 Å². The molecule has 2 N–H and O–H groups in total. The van der Waals surface area contributed by atoms with Crippen LogP contribution in [0, 0.1) is 0 Å². The second-order valence-corrected chi connectivity index (χ2v) is 2.79. The van der Waals surface area contributed by atoms with Gasteiger partial charge in [-0.15, -0.1) is 11.6 Å². The summed E-state index contributed by atoms with van der Waals surface area (Å²) in [5.41, 5.74) is 3.01. The number of hydrogen-bond acceptors (Lipinski definition) is 3. The van der Waals surface area contributed by atoms with Gasteiger partial charge in [-0.2, -0.15) is 5.10 Å². The van der Waals surface area contributed by atoms with E-state index in [0.29, 0.717) is 0 Å². The van der Waals surface area contributed by atoms with E-state index < -0.39 is 0 Å². The minimum atomic E-state index is -0.360. The predicted octanol–water partition coefficient (Wildman–Crippen LogP) is 1.08. The van der Waals surface area contributed by atoms with Crippen LogP contribution in [-0.2, 0) is 4.79 Å². The molecule has 0 aliphatic carbocycles. The molecule has 0 aliphatic heterocycles. The average Bonchev–Trinajstić information content (AvgIpc) is 2.21. The van der Waals surface area contributed by atoms with E-state index in [1.807, 2.05) is 0 Å². The van der Waals surface area contributed by atoms with Gasteiger partial charge in [0, 0.05) is 0 Å². The number of amides is 1. The number of phenols is 1. The van der Waals surface area contributed by atoms with Crippen LogP contribution in [0.5, 0.6) is 5.75 Å².